The van der Waals surface area contributed by atoms with E-state index in [0.29, 0.717) is 11.7 Å². The molecule has 1 aromatic rings. The van der Waals surface area contributed by atoms with E-state index in [1.54, 1.807) is 0 Å². The summed E-state index contributed by atoms with van der Waals surface area (Å²) in [5.74, 6) is 0.106. The highest BCUT2D eigenvalue weighted by molar-refractivity contribution is 5.92. The van der Waals surface area contributed by atoms with Gasteiger partial charge >= 0.3 is 0 Å². The van der Waals surface area contributed by atoms with Crippen molar-refractivity contribution in [3.63, 3.8) is 0 Å². The number of halogens is 1. The van der Waals surface area contributed by atoms with Crippen molar-refractivity contribution < 1.29 is 4.79 Å². The number of amides is 1. The highest BCUT2D eigenvalue weighted by Crippen LogP contribution is 2.17. The number of hydrogen-bond donors (Lipinski definition) is 1. The van der Waals surface area contributed by atoms with Crippen LogP contribution in [0, 0.1) is 0 Å². The van der Waals surface area contributed by atoms with Crippen molar-refractivity contribution in [1.82, 2.24) is 20.0 Å². The van der Waals surface area contributed by atoms with Gasteiger partial charge in [-0.25, -0.2) is 0 Å². The Morgan fingerprint density at radius 1 is 1.19 bits per heavy atom. The molecule has 3 rings (SSSR count). The molecular formula is C15H25ClN4O. The molecule has 3 heterocycles. The van der Waals surface area contributed by atoms with E-state index < -0.39 is 0 Å². The Morgan fingerprint density at radius 2 is 1.95 bits per heavy atom. The van der Waals surface area contributed by atoms with Crippen LogP contribution >= 0.6 is 12.4 Å². The monoisotopic (exact) mass is 312 g/mol. The van der Waals surface area contributed by atoms with Gasteiger partial charge in [0.05, 0.1) is 6.04 Å². The van der Waals surface area contributed by atoms with Crippen molar-refractivity contribution in [2.24, 2.45) is 0 Å². The van der Waals surface area contributed by atoms with Gasteiger partial charge in [0, 0.05) is 25.8 Å². The minimum atomic E-state index is 0. The topological polar surface area (TPSA) is 50.2 Å². The minimum Gasteiger partial charge on any atom is -0.337 e. The maximum absolute atomic E-state index is 12.5. The van der Waals surface area contributed by atoms with Crippen LogP contribution in [-0.2, 0) is 0 Å². The van der Waals surface area contributed by atoms with Crippen LogP contribution < -0.4 is 5.32 Å². The molecule has 0 saturated carbocycles. The zero-order valence-corrected chi connectivity index (χ0v) is 13.3. The van der Waals surface area contributed by atoms with Crippen LogP contribution in [0.25, 0.3) is 0 Å². The molecule has 0 spiro atoms. The van der Waals surface area contributed by atoms with E-state index in [-0.39, 0.29) is 18.3 Å². The first-order chi connectivity index (χ1) is 9.84. The summed E-state index contributed by atoms with van der Waals surface area (Å²) in [7, 11) is 0. The molecule has 0 aliphatic carbocycles. The molecule has 1 N–H and O–H groups in total. The fourth-order valence-corrected chi connectivity index (χ4v) is 3.15. The molecule has 5 nitrogen and oxygen atoms in total. The Morgan fingerprint density at radius 3 is 2.62 bits per heavy atom. The fourth-order valence-electron chi connectivity index (χ4n) is 3.15. The van der Waals surface area contributed by atoms with E-state index in [4.69, 9.17) is 0 Å². The molecule has 2 saturated heterocycles. The summed E-state index contributed by atoms with van der Waals surface area (Å²) < 4.78 is 1.97. The van der Waals surface area contributed by atoms with Gasteiger partial charge in [-0.1, -0.05) is 12.8 Å². The Kier molecular flexibility index (Phi) is 6.06. The maximum atomic E-state index is 12.5. The van der Waals surface area contributed by atoms with Crippen LogP contribution in [0.2, 0.25) is 0 Å². The van der Waals surface area contributed by atoms with Gasteiger partial charge in [-0.15, -0.1) is 12.4 Å². The maximum Gasteiger partial charge on any atom is 0.274 e. The predicted molar refractivity (Wildman–Crippen MR) is 85.0 cm³/mol. The van der Waals surface area contributed by atoms with Gasteiger partial charge in [0.1, 0.15) is 5.69 Å². The summed E-state index contributed by atoms with van der Waals surface area (Å²) in [6, 6.07) is 2.27. The number of nitrogens with one attached hydrogen (secondary N) is 1. The molecule has 0 aromatic carbocycles. The summed E-state index contributed by atoms with van der Waals surface area (Å²) in [4.78, 5) is 14.5. The van der Waals surface area contributed by atoms with Gasteiger partial charge in [-0.2, -0.15) is 5.10 Å². The zero-order chi connectivity index (χ0) is 13.8. The number of piperidine rings is 1. The Balaban J connectivity index is 0.00000161. The van der Waals surface area contributed by atoms with Gasteiger partial charge in [0.2, 0.25) is 0 Å². The van der Waals surface area contributed by atoms with Gasteiger partial charge in [0.15, 0.2) is 0 Å². The van der Waals surface area contributed by atoms with Crippen molar-refractivity contribution in [2.45, 2.75) is 44.6 Å². The van der Waals surface area contributed by atoms with Crippen molar-refractivity contribution in [3.8, 4) is 0 Å². The van der Waals surface area contributed by atoms with Crippen LogP contribution in [0.15, 0.2) is 12.3 Å². The molecule has 1 amide bonds. The third kappa shape index (κ3) is 3.98. The molecular weight excluding hydrogens is 288 g/mol. The summed E-state index contributed by atoms with van der Waals surface area (Å²) in [6.07, 6.45) is 9.02. The molecule has 6 heteroatoms. The van der Waals surface area contributed by atoms with Gasteiger partial charge in [0.25, 0.3) is 5.91 Å². The first kappa shape index (κ1) is 16.3. The third-order valence-electron chi connectivity index (χ3n) is 4.37. The number of hydrogen-bond acceptors (Lipinski definition) is 3. The van der Waals surface area contributed by atoms with Crippen LogP contribution in [0.3, 0.4) is 0 Å². The number of rotatable bonds is 2. The van der Waals surface area contributed by atoms with Crippen LogP contribution in [0.4, 0.5) is 0 Å². The first-order valence-corrected chi connectivity index (χ1v) is 7.90. The smallest absolute Gasteiger partial charge is 0.274 e. The number of nitrogens with zero attached hydrogens (tertiary/aromatic N) is 3. The number of likely N-dealkylation sites (tertiary alicyclic amines) is 1. The SMILES string of the molecule is Cl.O=C(c1ccn(C2CCCNC2)n1)N1CCCCCC1. The molecule has 1 atom stereocenters. The fraction of sp³-hybridized carbons (Fsp3) is 0.733. The quantitative estimate of drug-likeness (QED) is 0.911. The summed E-state index contributed by atoms with van der Waals surface area (Å²) in [6.45, 7) is 3.82. The van der Waals surface area contributed by atoms with E-state index >= 15 is 0 Å². The van der Waals surface area contributed by atoms with Crippen molar-refractivity contribution in [2.75, 3.05) is 26.2 Å². The summed E-state index contributed by atoms with van der Waals surface area (Å²) in [5, 5.41) is 7.91. The van der Waals surface area contributed by atoms with Gasteiger partial charge in [-0.3, -0.25) is 9.48 Å². The minimum absolute atomic E-state index is 0. The Labute approximate surface area is 132 Å². The van der Waals surface area contributed by atoms with E-state index in [0.717, 1.165) is 45.4 Å². The Hall–Kier alpha value is -1.07. The second-order valence-corrected chi connectivity index (χ2v) is 5.89. The molecule has 2 fully saturated rings. The summed E-state index contributed by atoms with van der Waals surface area (Å²) >= 11 is 0. The highest BCUT2D eigenvalue weighted by atomic mass is 35.5. The lowest BCUT2D eigenvalue weighted by atomic mass is 10.1. The van der Waals surface area contributed by atoms with Gasteiger partial charge in [-0.05, 0) is 38.3 Å². The summed E-state index contributed by atoms with van der Waals surface area (Å²) in [5.41, 5.74) is 0.609. The van der Waals surface area contributed by atoms with Crippen LogP contribution in [0.1, 0.15) is 55.1 Å². The number of carbonyl (C=O) groups is 1. The van der Waals surface area contributed by atoms with E-state index in [2.05, 4.69) is 10.4 Å². The Bertz CT molecular complexity index is 448. The van der Waals surface area contributed by atoms with Crippen molar-refractivity contribution >= 4 is 18.3 Å². The standard InChI is InChI=1S/C15H24N4O.ClH/c20-15(18-9-3-1-2-4-10-18)14-7-11-19(17-14)13-6-5-8-16-12-13;/h7,11,13,16H,1-6,8-10,12H2;1H. The molecule has 118 valence electrons. The zero-order valence-electron chi connectivity index (χ0n) is 12.5. The molecule has 21 heavy (non-hydrogen) atoms. The number of aromatic nitrogens is 2. The third-order valence-corrected chi connectivity index (χ3v) is 4.37. The second-order valence-electron chi connectivity index (χ2n) is 5.89. The lowest BCUT2D eigenvalue weighted by molar-refractivity contribution is 0.0754. The van der Waals surface area contributed by atoms with Crippen LogP contribution in [-0.4, -0.2) is 46.8 Å². The molecule has 2 aliphatic heterocycles. The van der Waals surface area contributed by atoms with E-state index in [1.807, 2.05) is 21.8 Å². The lowest BCUT2D eigenvalue weighted by Crippen LogP contribution is -2.33. The van der Waals surface area contributed by atoms with E-state index in [9.17, 15) is 4.79 Å². The molecule has 1 aromatic heterocycles. The first-order valence-electron chi connectivity index (χ1n) is 7.90. The van der Waals surface area contributed by atoms with Crippen LogP contribution in [0.5, 0.6) is 0 Å². The second kappa shape index (κ2) is 7.80. The normalized spacial score (nSPS) is 23.2. The van der Waals surface area contributed by atoms with Crippen molar-refractivity contribution in [1.29, 1.82) is 0 Å². The molecule has 0 radical (unpaired) electrons. The average molecular weight is 313 g/mol. The molecule has 1 unspecified atom stereocenters. The lowest BCUT2D eigenvalue weighted by Gasteiger charge is -2.23. The van der Waals surface area contributed by atoms with E-state index in [1.165, 1.54) is 19.3 Å². The average Bonchev–Trinajstić information content (AvgIpc) is 2.83. The largest absolute Gasteiger partial charge is 0.337 e. The molecule has 2 aliphatic rings. The van der Waals surface area contributed by atoms with Gasteiger partial charge < -0.3 is 10.2 Å². The number of carbonyl (C=O) groups excluding carboxylic acids is 1. The highest BCUT2D eigenvalue weighted by Gasteiger charge is 2.21. The van der Waals surface area contributed by atoms with Crippen molar-refractivity contribution in [3.05, 3.63) is 18.0 Å². The predicted octanol–water partition coefficient (Wildman–Crippen LogP) is 2.25. The molecule has 0 bridgehead atoms.